The van der Waals surface area contributed by atoms with Gasteiger partial charge in [-0.1, -0.05) is 25.1 Å². The van der Waals surface area contributed by atoms with Crippen LogP contribution in [0.5, 0.6) is 0 Å². The first kappa shape index (κ1) is 12.9. The van der Waals surface area contributed by atoms with Gasteiger partial charge in [0.15, 0.2) is 0 Å². The highest BCUT2D eigenvalue weighted by molar-refractivity contribution is 5.56. The maximum atomic E-state index is 3.67. The minimum Gasteiger partial charge on any atom is -0.380 e. The van der Waals surface area contributed by atoms with Gasteiger partial charge in [-0.3, -0.25) is 9.80 Å². The fourth-order valence-electron chi connectivity index (χ4n) is 3.50. The number of fused-ring (bicyclic) bond motifs is 1. The number of nitrogens with zero attached hydrogens (tertiary/aromatic N) is 2. The molecule has 0 aromatic heterocycles. The maximum absolute atomic E-state index is 3.67. The third-order valence-electron chi connectivity index (χ3n) is 4.58. The van der Waals surface area contributed by atoms with E-state index in [1.165, 1.54) is 50.4 Å². The van der Waals surface area contributed by atoms with E-state index in [0.29, 0.717) is 12.1 Å². The molecule has 0 bridgehead atoms. The third-order valence-corrected chi connectivity index (χ3v) is 4.58. The molecular formula is C16H25N3. The number of piperazine rings is 1. The van der Waals surface area contributed by atoms with Crippen molar-refractivity contribution in [1.82, 2.24) is 9.80 Å². The Morgan fingerprint density at radius 2 is 2.11 bits per heavy atom. The Labute approximate surface area is 116 Å². The van der Waals surface area contributed by atoms with Gasteiger partial charge in [-0.05, 0) is 31.5 Å². The summed E-state index contributed by atoms with van der Waals surface area (Å²) in [5, 5.41) is 3.67. The Bertz CT molecular complexity index is 407. The van der Waals surface area contributed by atoms with Crippen molar-refractivity contribution >= 4 is 5.69 Å². The first-order chi connectivity index (χ1) is 9.26. The molecule has 3 nitrogen and oxygen atoms in total. The van der Waals surface area contributed by atoms with Crippen LogP contribution < -0.4 is 5.32 Å². The molecule has 19 heavy (non-hydrogen) atoms. The summed E-state index contributed by atoms with van der Waals surface area (Å²) in [5.41, 5.74) is 2.82. The topological polar surface area (TPSA) is 18.5 Å². The van der Waals surface area contributed by atoms with Crippen LogP contribution in [0.2, 0.25) is 0 Å². The van der Waals surface area contributed by atoms with Gasteiger partial charge in [0.05, 0.1) is 0 Å². The number of likely N-dealkylation sites (N-methyl/N-ethyl adjacent to an activating group) is 1. The van der Waals surface area contributed by atoms with Crippen LogP contribution in [0.25, 0.3) is 0 Å². The van der Waals surface area contributed by atoms with E-state index in [1.54, 1.807) is 0 Å². The SMILES string of the molecule is CCN1CCN(CC2Cc3ccccc3N2)CC1C. The molecule has 2 aliphatic rings. The van der Waals surface area contributed by atoms with Crippen molar-refractivity contribution < 1.29 is 0 Å². The van der Waals surface area contributed by atoms with Crippen LogP contribution in [0, 0.1) is 0 Å². The largest absolute Gasteiger partial charge is 0.380 e. The Kier molecular flexibility index (Phi) is 3.76. The molecule has 2 atom stereocenters. The molecule has 0 saturated carbocycles. The Balaban J connectivity index is 1.54. The zero-order valence-corrected chi connectivity index (χ0v) is 12.1. The molecule has 0 spiro atoms. The van der Waals surface area contributed by atoms with E-state index in [1.807, 2.05) is 0 Å². The molecule has 0 aliphatic carbocycles. The molecular weight excluding hydrogens is 234 g/mol. The van der Waals surface area contributed by atoms with Gasteiger partial charge in [-0.2, -0.15) is 0 Å². The summed E-state index contributed by atoms with van der Waals surface area (Å²) in [7, 11) is 0. The molecule has 1 N–H and O–H groups in total. The highest BCUT2D eigenvalue weighted by atomic mass is 15.3. The highest BCUT2D eigenvalue weighted by Crippen LogP contribution is 2.25. The predicted octanol–water partition coefficient (Wildman–Crippen LogP) is 2.05. The summed E-state index contributed by atoms with van der Waals surface area (Å²) in [6.45, 7) is 10.6. The zero-order valence-electron chi connectivity index (χ0n) is 12.1. The lowest BCUT2D eigenvalue weighted by molar-refractivity contribution is 0.0858. The molecule has 104 valence electrons. The second-order valence-corrected chi connectivity index (χ2v) is 5.94. The Hall–Kier alpha value is -1.06. The molecule has 2 unspecified atom stereocenters. The van der Waals surface area contributed by atoms with Crippen molar-refractivity contribution in [1.29, 1.82) is 0 Å². The van der Waals surface area contributed by atoms with Crippen LogP contribution in [-0.2, 0) is 6.42 Å². The first-order valence-corrected chi connectivity index (χ1v) is 7.57. The molecule has 0 radical (unpaired) electrons. The summed E-state index contributed by atoms with van der Waals surface area (Å²) >= 11 is 0. The summed E-state index contributed by atoms with van der Waals surface area (Å²) < 4.78 is 0. The first-order valence-electron chi connectivity index (χ1n) is 7.57. The van der Waals surface area contributed by atoms with E-state index < -0.39 is 0 Å². The average Bonchev–Trinajstić information content (AvgIpc) is 2.81. The summed E-state index contributed by atoms with van der Waals surface area (Å²) in [4.78, 5) is 5.20. The van der Waals surface area contributed by atoms with Crippen LogP contribution in [0.3, 0.4) is 0 Å². The molecule has 1 aromatic rings. The molecule has 3 rings (SSSR count). The summed E-state index contributed by atoms with van der Waals surface area (Å²) in [6, 6.07) is 10.0. The number of benzene rings is 1. The van der Waals surface area contributed by atoms with Crippen molar-refractivity contribution in [3.05, 3.63) is 29.8 Å². The number of rotatable bonds is 3. The third kappa shape index (κ3) is 2.77. The number of hydrogen-bond acceptors (Lipinski definition) is 3. The van der Waals surface area contributed by atoms with Crippen LogP contribution in [0.15, 0.2) is 24.3 Å². The van der Waals surface area contributed by atoms with Gasteiger partial charge < -0.3 is 5.32 Å². The fourth-order valence-corrected chi connectivity index (χ4v) is 3.50. The number of anilines is 1. The second kappa shape index (κ2) is 5.51. The van der Waals surface area contributed by atoms with E-state index in [-0.39, 0.29) is 0 Å². The summed E-state index contributed by atoms with van der Waals surface area (Å²) in [5.74, 6) is 0. The number of hydrogen-bond donors (Lipinski definition) is 1. The molecule has 1 saturated heterocycles. The zero-order chi connectivity index (χ0) is 13.2. The van der Waals surface area contributed by atoms with Gasteiger partial charge in [-0.15, -0.1) is 0 Å². The van der Waals surface area contributed by atoms with Gasteiger partial charge in [0.25, 0.3) is 0 Å². The average molecular weight is 259 g/mol. The normalized spacial score (nSPS) is 28.1. The fraction of sp³-hybridized carbons (Fsp3) is 0.625. The van der Waals surface area contributed by atoms with E-state index >= 15 is 0 Å². The van der Waals surface area contributed by atoms with Crippen LogP contribution in [0.1, 0.15) is 19.4 Å². The molecule has 1 fully saturated rings. The Morgan fingerprint density at radius 1 is 1.26 bits per heavy atom. The minimum atomic E-state index is 0.595. The molecule has 3 heteroatoms. The predicted molar refractivity (Wildman–Crippen MR) is 80.7 cm³/mol. The lowest BCUT2D eigenvalue weighted by Crippen LogP contribution is -2.53. The lowest BCUT2D eigenvalue weighted by atomic mass is 10.1. The van der Waals surface area contributed by atoms with Gasteiger partial charge >= 0.3 is 0 Å². The molecule has 1 aromatic carbocycles. The minimum absolute atomic E-state index is 0.595. The van der Waals surface area contributed by atoms with Crippen molar-refractivity contribution in [2.45, 2.75) is 32.4 Å². The second-order valence-electron chi connectivity index (χ2n) is 5.94. The molecule has 0 amide bonds. The summed E-state index contributed by atoms with van der Waals surface area (Å²) in [6.07, 6.45) is 1.18. The van der Waals surface area contributed by atoms with Gasteiger partial charge in [0.1, 0.15) is 0 Å². The van der Waals surface area contributed by atoms with Gasteiger partial charge in [-0.25, -0.2) is 0 Å². The van der Waals surface area contributed by atoms with E-state index in [4.69, 9.17) is 0 Å². The smallest absolute Gasteiger partial charge is 0.0429 e. The standard InChI is InChI=1S/C16H25N3/c1-3-19-9-8-18(11-13(19)2)12-15-10-14-6-4-5-7-16(14)17-15/h4-7,13,15,17H,3,8-12H2,1-2H3. The lowest BCUT2D eigenvalue weighted by Gasteiger charge is -2.40. The van der Waals surface area contributed by atoms with Crippen molar-refractivity contribution in [2.75, 3.05) is 38.0 Å². The van der Waals surface area contributed by atoms with Crippen molar-refractivity contribution in [3.8, 4) is 0 Å². The van der Waals surface area contributed by atoms with Crippen molar-refractivity contribution in [2.24, 2.45) is 0 Å². The maximum Gasteiger partial charge on any atom is 0.0429 e. The van der Waals surface area contributed by atoms with Gasteiger partial charge in [0, 0.05) is 44.0 Å². The Morgan fingerprint density at radius 3 is 2.84 bits per heavy atom. The van der Waals surface area contributed by atoms with E-state index in [9.17, 15) is 0 Å². The van der Waals surface area contributed by atoms with E-state index in [0.717, 1.165) is 0 Å². The van der Waals surface area contributed by atoms with Crippen LogP contribution >= 0.6 is 0 Å². The molecule has 2 heterocycles. The number of nitrogens with one attached hydrogen (secondary N) is 1. The van der Waals surface area contributed by atoms with E-state index in [2.05, 4.69) is 53.2 Å². The monoisotopic (exact) mass is 259 g/mol. The van der Waals surface area contributed by atoms with Crippen LogP contribution in [0.4, 0.5) is 5.69 Å². The highest BCUT2D eigenvalue weighted by Gasteiger charge is 2.26. The van der Waals surface area contributed by atoms with Crippen molar-refractivity contribution in [3.63, 3.8) is 0 Å². The number of para-hydroxylation sites is 1. The molecule has 2 aliphatic heterocycles. The quantitative estimate of drug-likeness (QED) is 0.896. The van der Waals surface area contributed by atoms with Gasteiger partial charge in [0.2, 0.25) is 0 Å². The van der Waals surface area contributed by atoms with Crippen LogP contribution in [-0.4, -0.2) is 54.6 Å².